The molecule has 1 saturated carbocycles. The molecular formula is C20H24N2O3. The molecule has 1 fully saturated rings. The zero-order valence-corrected chi connectivity index (χ0v) is 14.4. The Morgan fingerprint density at radius 1 is 1.16 bits per heavy atom. The fraction of sp³-hybridized carbons (Fsp3) is 0.350. The first-order valence-corrected chi connectivity index (χ1v) is 8.59. The number of carbonyl (C=O) groups excluding carboxylic acids is 1. The van der Waals surface area contributed by atoms with E-state index >= 15 is 0 Å². The third-order valence-electron chi connectivity index (χ3n) is 4.78. The molecule has 0 radical (unpaired) electrons. The van der Waals surface area contributed by atoms with Crippen LogP contribution in [0.1, 0.15) is 25.7 Å². The van der Waals surface area contributed by atoms with Gasteiger partial charge in [-0.25, -0.2) is 4.79 Å². The average Bonchev–Trinajstić information content (AvgIpc) is 3.10. The number of nitrogens with one attached hydrogen (secondary N) is 2. The maximum absolute atomic E-state index is 12.3. The molecule has 0 bridgehead atoms. The molecule has 0 atom stereocenters. The SMILES string of the molecule is COc1ccccc1-c1cccc(NC(=O)NC2(CO)CCCC2)c1. The number of aliphatic hydroxyl groups is 1. The third kappa shape index (κ3) is 3.94. The van der Waals surface area contributed by atoms with Crippen LogP contribution in [0.5, 0.6) is 5.75 Å². The molecule has 1 aliphatic rings. The number of urea groups is 1. The monoisotopic (exact) mass is 340 g/mol. The summed E-state index contributed by atoms with van der Waals surface area (Å²) in [6.45, 7) is -0.0261. The molecule has 0 spiro atoms. The second-order valence-corrected chi connectivity index (χ2v) is 6.51. The molecule has 3 N–H and O–H groups in total. The van der Waals surface area contributed by atoms with Crippen molar-refractivity contribution in [2.45, 2.75) is 31.2 Å². The first-order chi connectivity index (χ1) is 12.2. The molecule has 25 heavy (non-hydrogen) atoms. The van der Waals surface area contributed by atoms with Crippen LogP contribution in [-0.2, 0) is 0 Å². The molecule has 2 amide bonds. The van der Waals surface area contributed by atoms with Gasteiger partial charge in [0.2, 0.25) is 0 Å². The summed E-state index contributed by atoms with van der Waals surface area (Å²) in [5, 5.41) is 15.4. The van der Waals surface area contributed by atoms with Crippen molar-refractivity contribution in [3.8, 4) is 16.9 Å². The van der Waals surface area contributed by atoms with E-state index in [0.717, 1.165) is 42.6 Å². The lowest BCUT2D eigenvalue weighted by atomic mass is 9.99. The van der Waals surface area contributed by atoms with E-state index in [1.165, 1.54) is 0 Å². The van der Waals surface area contributed by atoms with Gasteiger partial charge in [0.15, 0.2) is 0 Å². The number of ether oxygens (including phenoxy) is 1. The predicted octanol–water partition coefficient (Wildman–Crippen LogP) is 3.79. The number of methoxy groups -OCH3 is 1. The van der Waals surface area contributed by atoms with Gasteiger partial charge >= 0.3 is 6.03 Å². The Kier molecular flexibility index (Phi) is 5.24. The number of rotatable bonds is 5. The number of aliphatic hydroxyl groups excluding tert-OH is 1. The van der Waals surface area contributed by atoms with Crippen LogP contribution in [0.2, 0.25) is 0 Å². The van der Waals surface area contributed by atoms with Crippen molar-refractivity contribution < 1.29 is 14.6 Å². The van der Waals surface area contributed by atoms with Crippen molar-refractivity contribution in [2.24, 2.45) is 0 Å². The van der Waals surface area contributed by atoms with Crippen LogP contribution in [0.15, 0.2) is 48.5 Å². The molecule has 2 aromatic carbocycles. The Labute approximate surface area is 148 Å². The van der Waals surface area contributed by atoms with Crippen LogP contribution in [-0.4, -0.2) is 30.4 Å². The molecule has 0 unspecified atom stereocenters. The Bertz CT molecular complexity index is 739. The molecule has 0 saturated heterocycles. The minimum Gasteiger partial charge on any atom is -0.496 e. The van der Waals surface area contributed by atoms with Crippen molar-refractivity contribution in [2.75, 3.05) is 19.0 Å². The van der Waals surface area contributed by atoms with Crippen LogP contribution in [0, 0.1) is 0 Å². The number of carbonyl (C=O) groups is 1. The maximum Gasteiger partial charge on any atom is 0.319 e. The summed E-state index contributed by atoms with van der Waals surface area (Å²) in [4.78, 5) is 12.3. The smallest absolute Gasteiger partial charge is 0.319 e. The largest absolute Gasteiger partial charge is 0.496 e. The third-order valence-corrected chi connectivity index (χ3v) is 4.78. The molecule has 3 rings (SSSR count). The highest BCUT2D eigenvalue weighted by molar-refractivity contribution is 5.91. The molecule has 0 aromatic heterocycles. The molecule has 1 aliphatic carbocycles. The lowest BCUT2D eigenvalue weighted by molar-refractivity contribution is 0.167. The van der Waals surface area contributed by atoms with Gasteiger partial charge in [0.05, 0.1) is 19.3 Å². The number of hydrogen-bond donors (Lipinski definition) is 3. The van der Waals surface area contributed by atoms with E-state index in [4.69, 9.17) is 4.74 Å². The van der Waals surface area contributed by atoms with E-state index in [1.54, 1.807) is 7.11 Å². The average molecular weight is 340 g/mol. The standard InChI is InChI=1S/C20H24N2O3/c1-25-18-10-3-2-9-17(18)15-7-6-8-16(13-15)21-19(24)22-20(14-23)11-4-5-12-20/h2-3,6-10,13,23H,4-5,11-12,14H2,1H3,(H2,21,22,24). The van der Waals surface area contributed by atoms with Gasteiger partial charge in [-0.15, -0.1) is 0 Å². The van der Waals surface area contributed by atoms with Crippen LogP contribution < -0.4 is 15.4 Å². The summed E-state index contributed by atoms with van der Waals surface area (Å²) in [5.41, 5.74) is 2.15. The van der Waals surface area contributed by atoms with Gasteiger partial charge in [-0.1, -0.05) is 43.2 Å². The highest BCUT2D eigenvalue weighted by Crippen LogP contribution is 2.31. The van der Waals surface area contributed by atoms with Gasteiger partial charge in [-0.05, 0) is 36.6 Å². The number of hydrogen-bond acceptors (Lipinski definition) is 3. The van der Waals surface area contributed by atoms with Crippen molar-refractivity contribution in [3.63, 3.8) is 0 Å². The lowest BCUT2D eigenvalue weighted by Crippen LogP contribution is -2.50. The Morgan fingerprint density at radius 2 is 1.92 bits per heavy atom. The molecular weight excluding hydrogens is 316 g/mol. The zero-order valence-electron chi connectivity index (χ0n) is 14.4. The van der Waals surface area contributed by atoms with Gasteiger partial charge < -0.3 is 20.5 Å². The maximum atomic E-state index is 12.3. The first kappa shape index (κ1) is 17.3. The predicted molar refractivity (Wildman–Crippen MR) is 98.9 cm³/mol. The van der Waals surface area contributed by atoms with E-state index in [9.17, 15) is 9.90 Å². The summed E-state index contributed by atoms with van der Waals surface area (Å²) in [6, 6.07) is 15.1. The van der Waals surface area contributed by atoms with Gasteiger partial charge in [-0.2, -0.15) is 0 Å². The lowest BCUT2D eigenvalue weighted by Gasteiger charge is -2.28. The second-order valence-electron chi connectivity index (χ2n) is 6.51. The van der Waals surface area contributed by atoms with E-state index in [2.05, 4.69) is 10.6 Å². The number of anilines is 1. The zero-order chi connectivity index (χ0) is 17.7. The molecule has 5 heteroatoms. The highest BCUT2D eigenvalue weighted by atomic mass is 16.5. The van der Waals surface area contributed by atoms with Gasteiger partial charge in [0.1, 0.15) is 5.75 Å². The van der Waals surface area contributed by atoms with Crippen molar-refractivity contribution in [1.29, 1.82) is 0 Å². The van der Waals surface area contributed by atoms with Gasteiger partial charge in [0, 0.05) is 11.3 Å². The first-order valence-electron chi connectivity index (χ1n) is 8.59. The Morgan fingerprint density at radius 3 is 2.64 bits per heavy atom. The van der Waals surface area contributed by atoms with Crippen molar-refractivity contribution in [1.82, 2.24) is 5.32 Å². The number of benzene rings is 2. The van der Waals surface area contributed by atoms with E-state index in [0.29, 0.717) is 5.69 Å². The van der Waals surface area contributed by atoms with Crippen LogP contribution >= 0.6 is 0 Å². The molecule has 0 aliphatic heterocycles. The summed E-state index contributed by atoms with van der Waals surface area (Å²) < 4.78 is 5.41. The Balaban J connectivity index is 1.74. The fourth-order valence-corrected chi connectivity index (χ4v) is 3.43. The van der Waals surface area contributed by atoms with Crippen molar-refractivity contribution in [3.05, 3.63) is 48.5 Å². The summed E-state index contributed by atoms with van der Waals surface area (Å²) in [7, 11) is 1.64. The quantitative estimate of drug-likeness (QED) is 0.775. The summed E-state index contributed by atoms with van der Waals surface area (Å²) in [5.74, 6) is 0.786. The van der Waals surface area contributed by atoms with Crippen LogP contribution in [0.25, 0.3) is 11.1 Å². The minimum atomic E-state index is -0.482. The van der Waals surface area contributed by atoms with Crippen LogP contribution in [0.3, 0.4) is 0 Å². The van der Waals surface area contributed by atoms with E-state index in [-0.39, 0.29) is 12.6 Å². The Hall–Kier alpha value is -2.53. The van der Waals surface area contributed by atoms with Crippen LogP contribution in [0.4, 0.5) is 10.5 Å². The van der Waals surface area contributed by atoms with E-state index < -0.39 is 5.54 Å². The fourth-order valence-electron chi connectivity index (χ4n) is 3.43. The van der Waals surface area contributed by atoms with Gasteiger partial charge in [-0.3, -0.25) is 0 Å². The second kappa shape index (κ2) is 7.57. The summed E-state index contributed by atoms with van der Waals surface area (Å²) in [6.07, 6.45) is 3.70. The molecule has 5 nitrogen and oxygen atoms in total. The molecule has 132 valence electrons. The van der Waals surface area contributed by atoms with Crippen molar-refractivity contribution >= 4 is 11.7 Å². The number of para-hydroxylation sites is 1. The molecule has 2 aromatic rings. The topological polar surface area (TPSA) is 70.6 Å². The highest BCUT2D eigenvalue weighted by Gasteiger charge is 2.34. The normalized spacial score (nSPS) is 15.6. The van der Waals surface area contributed by atoms with E-state index in [1.807, 2.05) is 48.5 Å². The minimum absolute atomic E-state index is 0.0261. The molecule has 0 heterocycles. The summed E-state index contributed by atoms with van der Waals surface area (Å²) >= 11 is 0. The number of amides is 2. The van der Waals surface area contributed by atoms with Gasteiger partial charge in [0.25, 0.3) is 0 Å².